The molecule has 35 heavy (non-hydrogen) atoms. The van der Waals surface area contributed by atoms with Crippen LogP contribution in [0.3, 0.4) is 0 Å². The van der Waals surface area contributed by atoms with Crippen LogP contribution in [0.4, 0.5) is 24.5 Å². The number of carbonyl (C=O) groups excluding carboxylic acids is 3. The second-order valence-electron chi connectivity index (χ2n) is 9.12. The number of rotatable bonds is 7. The van der Waals surface area contributed by atoms with Crippen molar-refractivity contribution >= 4 is 29.2 Å². The van der Waals surface area contributed by atoms with E-state index in [1.54, 1.807) is 13.8 Å². The zero-order chi connectivity index (χ0) is 25.8. The van der Waals surface area contributed by atoms with Crippen LogP contribution in [-0.4, -0.2) is 56.1 Å². The van der Waals surface area contributed by atoms with Crippen molar-refractivity contribution in [1.29, 1.82) is 0 Å². The molecular weight excluding hydrogens is 473 g/mol. The fourth-order valence-electron chi connectivity index (χ4n) is 5.52. The molecule has 0 spiro atoms. The van der Waals surface area contributed by atoms with Crippen LogP contribution < -0.4 is 4.90 Å². The Labute approximate surface area is 198 Å². The van der Waals surface area contributed by atoms with Crippen molar-refractivity contribution in [2.75, 3.05) is 32.0 Å². The molecule has 2 bridgehead atoms. The van der Waals surface area contributed by atoms with Crippen molar-refractivity contribution in [1.82, 2.24) is 0 Å². The van der Waals surface area contributed by atoms with E-state index in [9.17, 15) is 27.6 Å². The Morgan fingerprint density at radius 2 is 1.91 bits per heavy atom. The number of nitrogens with zero attached hydrogens (tertiary/aromatic N) is 2. The number of anilines is 1. The first-order chi connectivity index (χ1) is 16.4. The third-order valence-corrected chi connectivity index (χ3v) is 7.00. The Kier molecular flexibility index (Phi) is 6.15. The standard InChI is InChI=1S/C23H23F3N2O7/c1-21-10-14(20(31)34-11-33-8-7-32-4)22(2,35-21)17-16(21)18(29)28(19(17)30)12-5-6-15(27-3)13(9-12)23(24,25)26/h5-6,9,14,16-17H,7-8,10-11H2,1-2,4H3/t14-,16+,17-,21?,22?/m0/s1. The number of amides is 2. The van der Waals surface area contributed by atoms with E-state index in [0.717, 1.165) is 12.1 Å². The van der Waals surface area contributed by atoms with Gasteiger partial charge >= 0.3 is 12.1 Å². The van der Waals surface area contributed by atoms with Crippen molar-refractivity contribution in [3.63, 3.8) is 0 Å². The zero-order valence-corrected chi connectivity index (χ0v) is 19.2. The highest BCUT2D eigenvalue weighted by Gasteiger charge is 2.77. The maximum absolute atomic E-state index is 13.5. The summed E-state index contributed by atoms with van der Waals surface area (Å²) in [4.78, 5) is 43.2. The lowest BCUT2D eigenvalue weighted by molar-refractivity contribution is -0.169. The number of benzene rings is 1. The van der Waals surface area contributed by atoms with Crippen LogP contribution in [0.15, 0.2) is 18.2 Å². The lowest BCUT2D eigenvalue weighted by atomic mass is 9.64. The molecule has 3 heterocycles. The van der Waals surface area contributed by atoms with E-state index in [2.05, 4.69) is 4.85 Å². The average molecular weight is 496 g/mol. The van der Waals surface area contributed by atoms with E-state index in [1.165, 1.54) is 7.11 Å². The topological polar surface area (TPSA) is 95.7 Å². The van der Waals surface area contributed by atoms with Gasteiger partial charge in [0.1, 0.15) is 0 Å². The quantitative estimate of drug-likeness (QED) is 0.188. The second kappa shape index (κ2) is 8.58. The van der Waals surface area contributed by atoms with Crippen LogP contribution in [0.5, 0.6) is 0 Å². The van der Waals surface area contributed by atoms with Gasteiger partial charge in [0.05, 0.1) is 54.3 Å². The second-order valence-corrected chi connectivity index (χ2v) is 9.12. The number of imide groups is 1. The normalized spacial score (nSPS) is 31.6. The molecule has 4 rings (SSSR count). The van der Waals surface area contributed by atoms with Gasteiger partial charge < -0.3 is 18.9 Å². The Bertz CT molecular complexity index is 1120. The fourth-order valence-corrected chi connectivity index (χ4v) is 5.52. The molecule has 12 heteroatoms. The minimum Gasteiger partial charge on any atom is -0.438 e. The average Bonchev–Trinajstić information content (AvgIpc) is 3.33. The third-order valence-electron chi connectivity index (χ3n) is 7.00. The molecule has 0 N–H and O–H groups in total. The molecule has 3 saturated heterocycles. The molecule has 0 aromatic heterocycles. The van der Waals surface area contributed by atoms with Gasteiger partial charge in [0.25, 0.3) is 0 Å². The number of carbonyl (C=O) groups is 3. The first kappa shape index (κ1) is 25.1. The Balaban J connectivity index is 1.61. The SMILES string of the molecule is [C-]#[N+]c1ccc(N2C(=O)[C@@H]3[C@H](C2=O)C2(C)C[C@@H](C(=O)OCOCCOC)C3(C)O2)cc1C(F)(F)F. The van der Waals surface area contributed by atoms with Crippen molar-refractivity contribution in [3.05, 3.63) is 35.2 Å². The molecule has 3 fully saturated rings. The third kappa shape index (κ3) is 3.87. The van der Waals surface area contributed by atoms with Crippen molar-refractivity contribution < 1.29 is 46.5 Å². The molecule has 3 aliphatic rings. The number of hydrogen-bond donors (Lipinski definition) is 0. The summed E-state index contributed by atoms with van der Waals surface area (Å²) in [6.07, 6.45) is -4.75. The van der Waals surface area contributed by atoms with Gasteiger partial charge in [-0.1, -0.05) is 6.07 Å². The lowest BCUT2D eigenvalue weighted by Gasteiger charge is -2.33. The largest absolute Gasteiger partial charge is 0.438 e. The van der Waals surface area contributed by atoms with Gasteiger partial charge in [-0.2, -0.15) is 13.2 Å². The van der Waals surface area contributed by atoms with Gasteiger partial charge in [-0.3, -0.25) is 14.4 Å². The molecular formula is C23H23F3N2O7. The highest BCUT2D eigenvalue weighted by atomic mass is 19.4. The van der Waals surface area contributed by atoms with Gasteiger partial charge in [0.2, 0.25) is 11.8 Å². The van der Waals surface area contributed by atoms with E-state index in [0.29, 0.717) is 17.6 Å². The van der Waals surface area contributed by atoms with E-state index in [1.807, 2.05) is 0 Å². The van der Waals surface area contributed by atoms with Crippen LogP contribution in [0.25, 0.3) is 4.85 Å². The van der Waals surface area contributed by atoms with Crippen LogP contribution >= 0.6 is 0 Å². The van der Waals surface area contributed by atoms with Gasteiger partial charge in [-0.05, 0) is 32.4 Å². The smallest absolute Gasteiger partial charge is 0.407 e. The summed E-state index contributed by atoms with van der Waals surface area (Å²) in [6.45, 7) is 10.3. The first-order valence-corrected chi connectivity index (χ1v) is 10.8. The molecule has 1 aromatic rings. The van der Waals surface area contributed by atoms with Crippen LogP contribution in [0.1, 0.15) is 25.8 Å². The molecule has 9 nitrogen and oxygen atoms in total. The number of ether oxygens (including phenoxy) is 4. The number of hydrogen-bond acceptors (Lipinski definition) is 7. The predicted octanol–water partition coefficient (Wildman–Crippen LogP) is 3.09. The number of alkyl halides is 3. The summed E-state index contributed by atoms with van der Waals surface area (Å²) in [6, 6.07) is 2.69. The van der Waals surface area contributed by atoms with Crippen LogP contribution in [0, 0.1) is 24.3 Å². The van der Waals surface area contributed by atoms with Crippen LogP contribution in [-0.2, 0) is 39.5 Å². The molecule has 2 unspecified atom stereocenters. The fraction of sp³-hybridized carbons (Fsp3) is 0.565. The lowest BCUT2D eigenvalue weighted by Crippen LogP contribution is -2.49. The monoisotopic (exact) mass is 496 g/mol. The van der Waals surface area contributed by atoms with E-state index in [4.69, 9.17) is 25.5 Å². The summed E-state index contributed by atoms with van der Waals surface area (Å²) in [5.41, 5.74) is -4.75. The molecule has 3 aliphatic heterocycles. The molecule has 188 valence electrons. The van der Waals surface area contributed by atoms with Gasteiger partial charge in [0.15, 0.2) is 12.5 Å². The van der Waals surface area contributed by atoms with E-state index < -0.39 is 64.2 Å². The number of fused-ring (bicyclic) bond motifs is 5. The summed E-state index contributed by atoms with van der Waals surface area (Å²) in [5, 5.41) is 0. The molecule has 0 aliphatic carbocycles. The number of esters is 1. The highest BCUT2D eigenvalue weighted by molar-refractivity contribution is 6.23. The van der Waals surface area contributed by atoms with Crippen LogP contribution in [0.2, 0.25) is 0 Å². The summed E-state index contributed by atoms with van der Waals surface area (Å²) in [5.74, 6) is -5.07. The molecule has 5 atom stereocenters. The minimum atomic E-state index is -4.85. The Morgan fingerprint density at radius 1 is 1.23 bits per heavy atom. The van der Waals surface area contributed by atoms with Gasteiger partial charge in [-0.25, -0.2) is 9.74 Å². The van der Waals surface area contributed by atoms with Crippen molar-refractivity contribution in [2.45, 2.75) is 37.6 Å². The van der Waals surface area contributed by atoms with Gasteiger partial charge in [-0.15, -0.1) is 0 Å². The maximum atomic E-state index is 13.5. The molecule has 0 radical (unpaired) electrons. The Hall–Kier alpha value is -3.01. The Morgan fingerprint density at radius 3 is 2.54 bits per heavy atom. The number of methoxy groups -OCH3 is 1. The zero-order valence-electron chi connectivity index (χ0n) is 19.2. The maximum Gasteiger partial charge on any atom is 0.407 e. The van der Waals surface area contributed by atoms with E-state index >= 15 is 0 Å². The first-order valence-electron chi connectivity index (χ1n) is 10.8. The van der Waals surface area contributed by atoms with Crippen molar-refractivity contribution in [3.8, 4) is 0 Å². The highest BCUT2D eigenvalue weighted by Crippen LogP contribution is 2.63. The van der Waals surface area contributed by atoms with Crippen molar-refractivity contribution in [2.24, 2.45) is 17.8 Å². The summed E-state index contributed by atoms with van der Waals surface area (Å²) < 4.78 is 61.7. The molecule has 2 amide bonds. The predicted molar refractivity (Wildman–Crippen MR) is 112 cm³/mol. The molecule has 0 saturated carbocycles. The summed E-state index contributed by atoms with van der Waals surface area (Å²) >= 11 is 0. The minimum absolute atomic E-state index is 0.0961. The number of halogens is 3. The van der Waals surface area contributed by atoms with Gasteiger partial charge in [0, 0.05) is 12.8 Å². The summed E-state index contributed by atoms with van der Waals surface area (Å²) in [7, 11) is 1.49. The molecule has 1 aromatic carbocycles. The van der Waals surface area contributed by atoms with E-state index in [-0.39, 0.29) is 25.5 Å².